The average molecular weight is 1030 g/mol. The highest BCUT2D eigenvalue weighted by Crippen LogP contribution is 2.22. The first-order valence-electron chi connectivity index (χ1n) is 22.9. The SMILES string of the molecule is [N-]=[N+]=Nc1cc(C(=O)N2CCN(C(=O)NCCCC[C@H](NC(=O)N[C@@H](CCC(=O)O)C(=O)O)C(=O)O)CC2)cc(C(=O)N2CCN(C(=O)NCCCC[C@@H](NC(=O)N[C@H](CCC(=O)O)C(=O)O)C(=O)O)CC2)c1. The topological polar surface area (TPSA) is 460 Å². The van der Waals surface area contributed by atoms with E-state index in [1.165, 1.54) is 37.8 Å². The van der Waals surface area contributed by atoms with E-state index in [0.717, 1.165) is 0 Å². The van der Waals surface area contributed by atoms with Crippen LogP contribution in [0.15, 0.2) is 23.3 Å². The Morgan fingerprint density at radius 2 is 0.795 bits per heavy atom. The molecule has 400 valence electrons. The van der Waals surface area contributed by atoms with E-state index in [-0.39, 0.29) is 108 Å². The van der Waals surface area contributed by atoms with Crippen molar-refractivity contribution in [1.29, 1.82) is 0 Å². The van der Waals surface area contributed by atoms with E-state index in [2.05, 4.69) is 31.3 Å². The Bertz CT molecular complexity index is 2120. The van der Waals surface area contributed by atoms with Gasteiger partial charge in [-0.25, -0.2) is 38.4 Å². The van der Waals surface area contributed by atoms with E-state index in [9.17, 15) is 78.0 Å². The molecule has 10 amide bonds. The predicted octanol–water partition coefficient (Wildman–Crippen LogP) is 0.0446. The first kappa shape index (κ1) is 58.7. The molecule has 2 fully saturated rings. The number of nitrogens with one attached hydrogen (secondary N) is 6. The van der Waals surface area contributed by atoms with E-state index in [4.69, 9.17) is 15.7 Å². The number of unbranched alkanes of at least 4 members (excludes halogenated alkanes) is 2. The molecule has 31 heteroatoms. The van der Waals surface area contributed by atoms with Gasteiger partial charge in [0.05, 0.1) is 0 Å². The van der Waals surface area contributed by atoms with Crippen molar-refractivity contribution >= 4 is 77.4 Å². The van der Waals surface area contributed by atoms with Crippen LogP contribution in [0.1, 0.15) is 84.9 Å². The second-order valence-corrected chi connectivity index (χ2v) is 16.6. The fourth-order valence-electron chi connectivity index (χ4n) is 7.40. The summed E-state index contributed by atoms with van der Waals surface area (Å²) in [5, 5.41) is 72.4. The van der Waals surface area contributed by atoms with Gasteiger partial charge in [-0.15, -0.1) is 0 Å². The highest BCUT2D eigenvalue weighted by molar-refractivity contribution is 6.01. The van der Waals surface area contributed by atoms with Gasteiger partial charge in [-0.1, -0.05) is 5.11 Å². The summed E-state index contributed by atoms with van der Waals surface area (Å²) in [6.07, 6.45) is -0.999. The maximum absolute atomic E-state index is 13.7. The van der Waals surface area contributed by atoms with Crippen LogP contribution < -0.4 is 31.9 Å². The van der Waals surface area contributed by atoms with E-state index in [1.807, 2.05) is 10.6 Å². The Labute approximate surface area is 415 Å². The van der Waals surface area contributed by atoms with Gasteiger partial charge in [0.15, 0.2) is 0 Å². The molecule has 31 nitrogen and oxygen atoms in total. The number of urea groups is 4. The fourth-order valence-corrected chi connectivity index (χ4v) is 7.40. The van der Waals surface area contributed by atoms with Crippen LogP contribution in [0.2, 0.25) is 0 Å². The number of carbonyl (C=O) groups is 12. The predicted molar refractivity (Wildman–Crippen MR) is 247 cm³/mol. The van der Waals surface area contributed by atoms with Crippen LogP contribution in [-0.4, -0.2) is 212 Å². The van der Waals surface area contributed by atoms with Crippen molar-refractivity contribution in [2.75, 3.05) is 65.4 Å². The molecule has 2 aliphatic heterocycles. The normalized spacial score (nSPS) is 14.9. The molecular weight excluding hydrogens is 975 g/mol. The van der Waals surface area contributed by atoms with E-state index in [0.29, 0.717) is 12.8 Å². The van der Waals surface area contributed by atoms with Crippen molar-refractivity contribution in [2.24, 2.45) is 5.11 Å². The van der Waals surface area contributed by atoms with Gasteiger partial charge >= 0.3 is 59.9 Å². The number of benzene rings is 1. The summed E-state index contributed by atoms with van der Waals surface area (Å²) >= 11 is 0. The smallest absolute Gasteiger partial charge is 0.326 e. The van der Waals surface area contributed by atoms with Gasteiger partial charge in [-0.2, -0.15) is 0 Å². The lowest BCUT2D eigenvalue weighted by Gasteiger charge is -2.35. The molecule has 1 aromatic rings. The Balaban J connectivity index is 1.43. The molecule has 0 aromatic heterocycles. The first-order chi connectivity index (χ1) is 34.6. The van der Waals surface area contributed by atoms with E-state index >= 15 is 0 Å². The third kappa shape index (κ3) is 20.3. The zero-order chi connectivity index (χ0) is 54.2. The summed E-state index contributed by atoms with van der Waals surface area (Å²) in [4.78, 5) is 154. The number of nitrogens with zero attached hydrogens (tertiary/aromatic N) is 7. The molecule has 0 unspecified atom stereocenters. The van der Waals surface area contributed by atoms with Crippen LogP contribution in [0, 0.1) is 0 Å². The Morgan fingerprint density at radius 1 is 0.479 bits per heavy atom. The fraction of sp³-hybridized carbons (Fsp3) is 0.571. The number of rotatable bonds is 27. The average Bonchev–Trinajstić information content (AvgIpc) is 3.34. The minimum atomic E-state index is -1.55. The zero-order valence-electron chi connectivity index (χ0n) is 39.4. The number of hydrogen-bond donors (Lipinski definition) is 12. The maximum atomic E-state index is 13.7. The van der Waals surface area contributed by atoms with Crippen molar-refractivity contribution in [3.8, 4) is 0 Å². The summed E-state index contributed by atoms with van der Waals surface area (Å²) < 4.78 is 0. The lowest BCUT2D eigenvalue weighted by atomic mass is 10.1. The minimum Gasteiger partial charge on any atom is -0.481 e. The number of carbonyl (C=O) groups excluding carboxylic acids is 6. The number of carboxylic acids is 6. The summed E-state index contributed by atoms with van der Waals surface area (Å²) in [5.41, 5.74) is 9.24. The summed E-state index contributed by atoms with van der Waals surface area (Å²) in [6.45, 7) is 1.18. The molecule has 0 bridgehead atoms. The van der Waals surface area contributed by atoms with Crippen LogP contribution in [0.5, 0.6) is 0 Å². The third-order valence-corrected chi connectivity index (χ3v) is 11.4. The van der Waals surface area contributed by atoms with Gasteiger partial charge in [0.25, 0.3) is 11.8 Å². The Kier molecular flexibility index (Phi) is 23.7. The molecule has 0 aliphatic carbocycles. The van der Waals surface area contributed by atoms with Crippen LogP contribution in [0.25, 0.3) is 10.4 Å². The van der Waals surface area contributed by atoms with Gasteiger partial charge < -0.3 is 82.1 Å². The molecule has 2 aliphatic rings. The van der Waals surface area contributed by atoms with Crippen LogP contribution in [0.4, 0.5) is 24.9 Å². The van der Waals surface area contributed by atoms with Crippen molar-refractivity contribution < 1.29 is 88.2 Å². The van der Waals surface area contributed by atoms with Crippen molar-refractivity contribution in [1.82, 2.24) is 51.5 Å². The molecule has 0 saturated carbocycles. The lowest BCUT2D eigenvalue weighted by Crippen LogP contribution is -2.53. The molecule has 1 aromatic carbocycles. The molecule has 2 saturated heterocycles. The molecule has 2 heterocycles. The molecule has 73 heavy (non-hydrogen) atoms. The number of azide groups is 1. The summed E-state index contributed by atoms with van der Waals surface area (Å²) in [7, 11) is 0. The van der Waals surface area contributed by atoms with Crippen LogP contribution in [-0.2, 0) is 28.8 Å². The molecule has 0 spiro atoms. The second-order valence-electron chi connectivity index (χ2n) is 16.6. The number of amides is 10. The van der Waals surface area contributed by atoms with Gasteiger partial charge in [-0.05, 0) is 75.1 Å². The van der Waals surface area contributed by atoms with Crippen molar-refractivity contribution in [3.63, 3.8) is 0 Å². The van der Waals surface area contributed by atoms with Gasteiger partial charge in [0.2, 0.25) is 0 Å². The molecule has 3 rings (SSSR count). The second kappa shape index (κ2) is 29.5. The molecular formula is C42H59N13O18. The largest absolute Gasteiger partial charge is 0.481 e. The van der Waals surface area contributed by atoms with Crippen molar-refractivity contribution in [3.05, 3.63) is 39.8 Å². The van der Waals surface area contributed by atoms with Gasteiger partial charge in [0.1, 0.15) is 24.2 Å². The third-order valence-electron chi connectivity index (χ3n) is 11.4. The summed E-state index contributed by atoms with van der Waals surface area (Å²) in [6, 6.07) is -5.03. The molecule has 12 N–H and O–H groups in total. The Morgan fingerprint density at radius 3 is 1.10 bits per heavy atom. The highest BCUT2D eigenvalue weighted by atomic mass is 16.4. The van der Waals surface area contributed by atoms with Crippen LogP contribution >= 0.6 is 0 Å². The monoisotopic (exact) mass is 1030 g/mol. The van der Waals surface area contributed by atoms with Gasteiger partial charge in [0, 0.05) is 100 Å². The number of hydrogen-bond acceptors (Lipinski definition) is 13. The zero-order valence-corrected chi connectivity index (χ0v) is 39.4. The maximum Gasteiger partial charge on any atom is 0.326 e. The minimum absolute atomic E-state index is 0.00483. The van der Waals surface area contributed by atoms with E-state index in [1.54, 1.807) is 0 Å². The Hall–Kier alpha value is -8.63. The highest BCUT2D eigenvalue weighted by Gasteiger charge is 2.30. The summed E-state index contributed by atoms with van der Waals surface area (Å²) in [5.74, 6) is -9.33. The number of aliphatic carboxylic acids is 6. The number of carboxylic acid groups (broad SMARTS) is 6. The van der Waals surface area contributed by atoms with E-state index < -0.39 is 122 Å². The quantitative estimate of drug-likeness (QED) is 0.0240. The standard InChI is InChI=1S/C42H59N13O18/c43-51-50-26-22-24(33(60)52-13-17-54(18-14-52)41(72)44-11-3-1-5-27(35(62)63)46-39(70)48-29(37(66)67)7-9-31(56)57)21-25(23-26)34(61)53-15-19-55(20-16-53)42(73)45-12-4-2-6-28(36(64)65)47-40(71)49-30(38(68)69)8-10-32(58)59/h21-23,27-30H,1-20H2,(H,44,72)(H,45,73)(H,56,57)(H,58,59)(H,62,63)(H,64,65)(H,66,67)(H,68,69)(H2,46,48,70)(H2,47,49,71)/t27-,28+,29-,30+. The van der Waals surface area contributed by atoms with Crippen LogP contribution in [0.3, 0.4) is 0 Å². The lowest BCUT2D eigenvalue weighted by molar-refractivity contribution is -0.142. The first-order valence-corrected chi connectivity index (χ1v) is 22.9. The number of piperazine rings is 2. The van der Waals surface area contributed by atoms with Gasteiger partial charge in [-0.3, -0.25) is 19.2 Å². The van der Waals surface area contributed by atoms with Crippen molar-refractivity contribution in [2.45, 2.75) is 88.4 Å². The molecule has 0 radical (unpaired) electrons. The molecule has 4 atom stereocenters.